The molecule has 21 heavy (non-hydrogen) atoms. The van der Waals surface area contributed by atoms with E-state index in [9.17, 15) is 0 Å². The molecule has 1 aromatic heterocycles. The molecule has 0 aliphatic carbocycles. The van der Waals surface area contributed by atoms with Gasteiger partial charge in [-0.25, -0.2) is 4.98 Å². The van der Waals surface area contributed by atoms with Crippen LogP contribution < -0.4 is 14.8 Å². The summed E-state index contributed by atoms with van der Waals surface area (Å²) in [5.74, 6) is 1.65. The summed E-state index contributed by atoms with van der Waals surface area (Å²) in [5.41, 5.74) is 4.19. The van der Waals surface area contributed by atoms with E-state index in [2.05, 4.69) is 19.2 Å². The summed E-state index contributed by atoms with van der Waals surface area (Å²) in [4.78, 5) is 4.82. The molecule has 0 spiro atoms. The number of anilines is 1. The van der Waals surface area contributed by atoms with E-state index in [0.29, 0.717) is 13.2 Å². The first kappa shape index (κ1) is 15.4. The second-order valence-corrected chi connectivity index (χ2v) is 4.81. The van der Waals surface area contributed by atoms with Crippen molar-refractivity contribution in [2.24, 2.45) is 0 Å². The van der Waals surface area contributed by atoms with Crippen molar-refractivity contribution in [3.63, 3.8) is 0 Å². The standard InChI is InChI=1S/C17H24N2O2/c1-6-12-11(4)16(18-5)15-13(20-7-2)9-10-14(21-8-3)17(15)19-12/h9-10H,6-8H2,1-5H3,(H,18,19). The van der Waals surface area contributed by atoms with E-state index < -0.39 is 0 Å². The Hall–Kier alpha value is -1.97. The van der Waals surface area contributed by atoms with Gasteiger partial charge in [-0.2, -0.15) is 0 Å². The van der Waals surface area contributed by atoms with E-state index in [1.165, 1.54) is 5.56 Å². The maximum atomic E-state index is 5.79. The molecule has 0 atom stereocenters. The minimum Gasteiger partial charge on any atom is -0.493 e. The summed E-state index contributed by atoms with van der Waals surface area (Å²) in [6.07, 6.45) is 0.890. The highest BCUT2D eigenvalue weighted by Crippen LogP contribution is 2.39. The van der Waals surface area contributed by atoms with E-state index in [1.54, 1.807) is 0 Å². The number of ether oxygens (including phenoxy) is 2. The fourth-order valence-corrected chi connectivity index (χ4v) is 2.66. The lowest BCUT2D eigenvalue weighted by molar-refractivity contribution is 0.336. The molecule has 0 aliphatic rings. The molecule has 2 aromatic rings. The molecule has 0 bridgehead atoms. The van der Waals surface area contributed by atoms with Crippen LogP contribution in [0.4, 0.5) is 5.69 Å². The largest absolute Gasteiger partial charge is 0.493 e. The number of nitrogens with zero attached hydrogens (tertiary/aromatic N) is 1. The first-order chi connectivity index (χ1) is 10.2. The second kappa shape index (κ2) is 6.66. The molecule has 114 valence electrons. The first-order valence-electron chi connectivity index (χ1n) is 7.57. The van der Waals surface area contributed by atoms with Gasteiger partial charge >= 0.3 is 0 Å². The van der Waals surface area contributed by atoms with Gasteiger partial charge in [0.2, 0.25) is 0 Å². The van der Waals surface area contributed by atoms with Gasteiger partial charge in [-0.3, -0.25) is 0 Å². The zero-order valence-electron chi connectivity index (χ0n) is 13.5. The summed E-state index contributed by atoms with van der Waals surface area (Å²) in [6.45, 7) is 9.43. The van der Waals surface area contributed by atoms with Gasteiger partial charge in [0.1, 0.15) is 17.0 Å². The zero-order chi connectivity index (χ0) is 15.4. The molecule has 0 radical (unpaired) electrons. The maximum Gasteiger partial charge on any atom is 0.145 e. The Morgan fingerprint density at radius 3 is 2.24 bits per heavy atom. The molecule has 1 N–H and O–H groups in total. The van der Waals surface area contributed by atoms with Crippen molar-refractivity contribution < 1.29 is 9.47 Å². The van der Waals surface area contributed by atoms with Gasteiger partial charge in [0.15, 0.2) is 0 Å². The lowest BCUT2D eigenvalue weighted by Gasteiger charge is -2.18. The number of rotatable bonds is 6. The van der Waals surface area contributed by atoms with E-state index in [1.807, 2.05) is 33.0 Å². The van der Waals surface area contributed by atoms with Crippen LogP contribution in [0, 0.1) is 6.92 Å². The molecule has 1 heterocycles. The second-order valence-electron chi connectivity index (χ2n) is 4.81. The number of nitrogens with one attached hydrogen (secondary N) is 1. The molecular weight excluding hydrogens is 264 g/mol. The van der Waals surface area contributed by atoms with E-state index in [-0.39, 0.29) is 0 Å². The van der Waals surface area contributed by atoms with Crippen LogP contribution in [0.15, 0.2) is 12.1 Å². The third kappa shape index (κ3) is 2.75. The summed E-state index contributed by atoms with van der Waals surface area (Å²) >= 11 is 0. The van der Waals surface area contributed by atoms with Crippen LogP contribution in [0.3, 0.4) is 0 Å². The summed E-state index contributed by atoms with van der Waals surface area (Å²) in [5, 5.41) is 4.31. The minimum atomic E-state index is 0.620. The summed E-state index contributed by atoms with van der Waals surface area (Å²) < 4.78 is 11.5. The third-order valence-corrected chi connectivity index (χ3v) is 3.59. The van der Waals surface area contributed by atoms with Gasteiger partial charge in [-0.15, -0.1) is 0 Å². The van der Waals surface area contributed by atoms with E-state index in [0.717, 1.165) is 40.2 Å². The lowest BCUT2D eigenvalue weighted by atomic mass is 10.0. The highest BCUT2D eigenvalue weighted by molar-refractivity contribution is 6.01. The highest BCUT2D eigenvalue weighted by atomic mass is 16.5. The smallest absolute Gasteiger partial charge is 0.145 e. The average Bonchev–Trinajstić information content (AvgIpc) is 2.49. The van der Waals surface area contributed by atoms with Gasteiger partial charge < -0.3 is 14.8 Å². The Kier molecular flexibility index (Phi) is 4.89. The van der Waals surface area contributed by atoms with Crippen LogP contribution in [-0.2, 0) is 6.42 Å². The van der Waals surface area contributed by atoms with Gasteiger partial charge in [-0.1, -0.05) is 6.92 Å². The molecule has 0 saturated carbocycles. The Balaban J connectivity index is 2.85. The van der Waals surface area contributed by atoms with Crippen LogP contribution in [0.25, 0.3) is 10.9 Å². The van der Waals surface area contributed by atoms with Crippen molar-refractivity contribution in [2.45, 2.75) is 34.1 Å². The number of benzene rings is 1. The molecular formula is C17H24N2O2. The lowest BCUT2D eigenvalue weighted by Crippen LogP contribution is -2.05. The van der Waals surface area contributed by atoms with Gasteiger partial charge in [0, 0.05) is 12.7 Å². The Morgan fingerprint density at radius 2 is 1.67 bits per heavy atom. The molecule has 0 unspecified atom stereocenters. The molecule has 0 aliphatic heterocycles. The Morgan fingerprint density at radius 1 is 1.05 bits per heavy atom. The predicted octanol–water partition coefficient (Wildman–Crippen LogP) is 3.94. The fraction of sp³-hybridized carbons (Fsp3) is 0.471. The van der Waals surface area contributed by atoms with Gasteiger partial charge in [-0.05, 0) is 44.9 Å². The van der Waals surface area contributed by atoms with Crippen molar-refractivity contribution in [1.29, 1.82) is 0 Å². The van der Waals surface area contributed by atoms with Crippen LogP contribution >= 0.6 is 0 Å². The number of aryl methyl sites for hydroxylation is 1. The molecule has 0 fully saturated rings. The predicted molar refractivity (Wildman–Crippen MR) is 87.7 cm³/mol. The van der Waals surface area contributed by atoms with Crippen LogP contribution in [-0.4, -0.2) is 25.2 Å². The SMILES string of the molecule is CCOc1ccc(OCC)c2c(NC)c(C)c(CC)nc12. The Labute approximate surface area is 126 Å². The van der Waals surface area contributed by atoms with Gasteiger partial charge in [0.25, 0.3) is 0 Å². The van der Waals surface area contributed by atoms with Crippen molar-refractivity contribution in [2.75, 3.05) is 25.6 Å². The number of hydrogen-bond acceptors (Lipinski definition) is 4. The van der Waals surface area contributed by atoms with Gasteiger partial charge in [0.05, 0.1) is 24.3 Å². The molecule has 0 saturated heterocycles. The number of pyridine rings is 1. The third-order valence-electron chi connectivity index (χ3n) is 3.59. The zero-order valence-corrected chi connectivity index (χ0v) is 13.5. The molecule has 0 amide bonds. The molecule has 1 aromatic carbocycles. The average molecular weight is 288 g/mol. The minimum absolute atomic E-state index is 0.620. The molecule has 2 rings (SSSR count). The topological polar surface area (TPSA) is 43.4 Å². The van der Waals surface area contributed by atoms with Crippen LogP contribution in [0.1, 0.15) is 32.0 Å². The van der Waals surface area contributed by atoms with Crippen LogP contribution in [0.5, 0.6) is 11.5 Å². The van der Waals surface area contributed by atoms with Crippen molar-refractivity contribution >= 4 is 16.6 Å². The number of hydrogen-bond donors (Lipinski definition) is 1. The normalized spacial score (nSPS) is 10.7. The first-order valence-corrected chi connectivity index (χ1v) is 7.57. The Bertz CT molecular complexity index is 638. The van der Waals surface area contributed by atoms with E-state index in [4.69, 9.17) is 14.5 Å². The fourth-order valence-electron chi connectivity index (χ4n) is 2.66. The molecule has 4 nitrogen and oxygen atoms in total. The summed E-state index contributed by atoms with van der Waals surface area (Å²) in [7, 11) is 1.93. The number of fused-ring (bicyclic) bond motifs is 1. The quantitative estimate of drug-likeness (QED) is 0.874. The molecule has 4 heteroatoms. The maximum absolute atomic E-state index is 5.79. The van der Waals surface area contributed by atoms with Crippen molar-refractivity contribution in [1.82, 2.24) is 4.98 Å². The highest BCUT2D eigenvalue weighted by Gasteiger charge is 2.17. The van der Waals surface area contributed by atoms with E-state index >= 15 is 0 Å². The summed E-state index contributed by atoms with van der Waals surface area (Å²) in [6, 6.07) is 3.91. The monoisotopic (exact) mass is 288 g/mol. The van der Waals surface area contributed by atoms with Crippen molar-refractivity contribution in [3.8, 4) is 11.5 Å². The van der Waals surface area contributed by atoms with Crippen molar-refractivity contribution in [3.05, 3.63) is 23.4 Å². The number of aromatic nitrogens is 1. The van der Waals surface area contributed by atoms with Crippen LogP contribution in [0.2, 0.25) is 0 Å².